The molecule has 0 spiro atoms. The molecule has 10 heteroatoms. The van der Waals surface area contributed by atoms with Gasteiger partial charge >= 0.3 is 12.2 Å². The molecule has 3 N–H and O–H groups in total. The Morgan fingerprint density at radius 3 is 1.84 bits per heavy atom. The first-order chi connectivity index (χ1) is 17.6. The number of anilines is 2. The lowest BCUT2D eigenvalue weighted by molar-refractivity contribution is -0.905. The largest absolute Gasteiger partial charge is 0.456 e. The van der Waals surface area contributed by atoms with Crippen LogP contribution in [0.3, 0.4) is 0 Å². The van der Waals surface area contributed by atoms with Gasteiger partial charge in [-0.25, -0.2) is 4.79 Å². The molecule has 0 fully saturated rings. The maximum Gasteiger partial charge on any atom is 0.417 e. The van der Waals surface area contributed by atoms with Gasteiger partial charge in [-0.05, 0) is 99.9 Å². The summed E-state index contributed by atoms with van der Waals surface area (Å²) in [6, 6.07) is 2.22. The van der Waals surface area contributed by atoms with E-state index < -0.39 is 17.8 Å². The molecular weight excluding hydrogens is 499 g/mol. The fourth-order valence-electron chi connectivity index (χ4n) is 4.59. The number of carbonyl (C=O) groups is 2. The minimum atomic E-state index is -4.56. The number of benzene rings is 2. The number of hydrogen-bond acceptors (Lipinski definition) is 4. The van der Waals surface area contributed by atoms with Gasteiger partial charge in [-0.2, -0.15) is 13.2 Å². The fourth-order valence-corrected chi connectivity index (χ4v) is 4.59. The lowest BCUT2D eigenvalue weighted by Gasteiger charge is -2.24. The van der Waals surface area contributed by atoms with Gasteiger partial charge in [0.2, 0.25) is 12.5 Å². The molecule has 3 aromatic rings. The van der Waals surface area contributed by atoms with E-state index >= 15 is 0 Å². The van der Waals surface area contributed by atoms with Crippen LogP contribution in [0.15, 0.2) is 18.3 Å². The molecule has 1 heterocycles. The first kappa shape index (κ1) is 28.5. The van der Waals surface area contributed by atoms with E-state index in [0.717, 1.165) is 11.1 Å². The van der Waals surface area contributed by atoms with Gasteiger partial charge in [0.1, 0.15) is 11.5 Å². The van der Waals surface area contributed by atoms with Crippen molar-refractivity contribution in [2.75, 3.05) is 10.6 Å². The Morgan fingerprint density at radius 1 is 0.842 bits per heavy atom. The maximum absolute atomic E-state index is 13.8. The lowest BCUT2D eigenvalue weighted by Crippen LogP contribution is -2.34. The van der Waals surface area contributed by atoms with Gasteiger partial charge in [0.05, 0.1) is 11.6 Å². The van der Waals surface area contributed by atoms with Crippen molar-refractivity contribution in [3.05, 3.63) is 74.1 Å². The van der Waals surface area contributed by atoms with Gasteiger partial charge in [0.15, 0.2) is 0 Å². The minimum absolute atomic E-state index is 0.00631. The summed E-state index contributed by atoms with van der Waals surface area (Å²) in [6.45, 7) is 13.3. The number of hydrogen-bond donors (Lipinski definition) is 3. The molecule has 0 aliphatic heterocycles. The average molecular weight is 531 g/mol. The van der Waals surface area contributed by atoms with E-state index in [1.807, 2.05) is 13.8 Å². The molecule has 38 heavy (non-hydrogen) atoms. The van der Waals surface area contributed by atoms with E-state index in [-0.39, 0.29) is 22.5 Å². The van der Waals surface area contributed by atoms with E-state index in [0.29, 0.717) is 50.5 Å². The van der Waals surface area contributed by atoms with Crippen LogP contribution >= 0.6 is 0 Å². The van der Waals surface area contributed by atoms with Crippen molar-refractivity contribution >= 4 is 23.7 Å². The van der Waals surface area contributed by atoms with Crippen LogP contribution in [0.25, 0.3) is 0 Å². The van der Waals surface area contributed by atoms with Gasteiger partial charge in [-0.1, -0.05) is 0 Å². The summed E-state index contributed by atoms with van der Waals surface area (Å²) in [5, 5.41) is 15.1. The normalized spacial score (nSPS) is 11.3. The number of nitrogens with zero attached hydrogens (tertiary/aromatic N) is 1. The zero-order chi connectivity index (χ0) is 28.7. The van der Waals surface area contributed by atoms with Crippen molar-refractivity contribution in [1.29, 1.82) is 0 Å². The van der Waals surface area contributed by atoms with E-state index in [2.05, 4.69) is 10.6 Å². The number of pyridine rings is 1. The summed E-state index contributed by atoms with van der Waals surface area (Å²) < 4.78 is 48.0. The molecule has 0 bridgehead atoms. The molecule has 0 radical (unpaired) electrons. The highest BCUT2D eigenvalue weighted by Crippen LogP contribution is 2.41. The Morgan fingerprint density at radius 2 is 1.34 bits per heavy atom. The SMILES string of the molecule is Cc1c(C)c(NC(=O)Nc2c(C)c(C)c(Oc3cc[n+](O)c(C=O)c3)c(C)c2C)c(C)c(C(F)(F)F)c1C. The van der Waals surface area contributed by atoms with Crippen molar-refractivity contribution < 1.29 is 37.4 Å². The first-order valence-corrected chi connectivity index (χ1v) is 11.8. The molecular formula is C28H31F3N3O4+. The number of ether oxygens (including phenoxy) is 1. The van der Waals surface area contributed by atoms with Crippen molar-refractivity contribution in [1.82, 2.24) is 0 Å². The fraction of sp³-hybridized carbons (Fsp3) is 0.321. The van der Waals surface area contributed by atoms with Crippen LogP contribution in [-0.2, 0) is 6.18 Å². The third-order valence-electron chi connectivity index (χ3n) is 7.22. The zero-order valence-corrected chi connectivity index (χ0v) is 22.6. The smallest absolute Gasteiger partial charge is 0.417 e. The van der Waals surface area contributed by atoms with Crippen molar-refractivity contribution in [2.24, 2.45) is 0 Å². The van der Waals surface area contributed by atoms with Crippen molar-refractivity contribution in [2.45, 2.75) is 61.6 Å². The summed E-state index contributed by atoms with van der Waals surface area (Å²) in [6.07, 6.45) is -2.78. The molecule has 0 unspecified atom stereocenters. The molecule has 2 aromatic carbocycles. The van der Waals surface area contributed by atoms with E-state index in [4.69, 9.17) is 4.74 Å². The van der Waals surface area contributed by atoms with Gasteiger partial charge in [0, 0.05) is 22.2 Å². The second-order valence-corrected chi connectivity index (χ2v) is 9.38. The number of halogens is 3. The van der Waals surface area contributed by atoms with E-state index in [1.165, 1.54) is 32.2 Å². The predicted molar refractivity (Wildman–Crippen MR) is 138 cm³/mol. The van der Waals surface area contributed by atoms with E-state index in [9.17, 15) is 28.0 Å². The van der Waals surface area contributed by atoms with Crippen LogP contribution in [0.5, 0.6) is 11.5 Å². The van der Waals surface area contributed by atoms with Gasteiger partial charge in [-0.15, -0.1) is 0 Å². The van der Waals surface area contributed by atoms with Crippen LogP contribution < -0.4 is 20.1 Å². The molecule has 0 aliphatic carbocycles. The molecule has 3 rings (SSSR count). The zero-order valence-electron chi connectivity index (χ0n) is 22.6. The first-order valence-electron chi connectivity index (χ1n) is 11.8. The minimum Gasteiger partial charge on any atom is -0.456 e. The van der Waals surface area contributed by atoms with Gasteiger partial charge < -0.3 is 15.4 Å². The second-order valence-electron chi connectivity index (χ2n) is 9.38. The summed E-state index contributed by atoms with van der Waals surface area (Å²) in [4.78, 5) is 24.2. The predicted octanol–water partition coefficient (Wildman–Crippen LogP) is 6.95. The average Bonchev–Trinajstić information content (AvgIpc) is 2.84. The highest BCUT2D eigenvalue weighted by molar-refractivity contribution is 6.02. The Bertz CT molecular complexity index is 1430. The Balaban J connectivity index is 1.97. The third-order valence-corrected chi connectivity index (χ3v) is 7.22. The molecule has 2 amide bonds. The second kappa shape index (κ2) is 10.4. The molecule has 0 saturated carbocycles. The van der Waals surface area contributed by atoms with Crippen LogP contribution in [0.1, 0.15) is 60.6 Å². The summed E-state index contributed by atoms with van der Waals surface area (Å²) in [5.74, 6) is 0.858. The van der Waals surface area contributed by atoms with Crippen LogP contribution in [-0.4, -0.2) is 17.5 Å². The highest BCUT2D eigenvalue weighted by atomic mass is 19.4. The van der Waals surface area contributed by atoms with Gasteiger partial charge in [0.25, 0.3) is 5.69 Å². The lowest BCUT2D eigenvalue weighted by atomic mass is 9.91. The van der Waals surface area contributed by atoms with Crippen LogP contribution in [0, 0.1) is 55.4 Å². The molecule has 202 valence electrons. The number of amides is 2. The molecule has 0 atom stereocenters. The number of aromatic nitrogens is 1. The Hall–Kier alpha value is -4.08. The Kier molecular flexibility index (Phi) is 7.76. The number of nitrogens with one attached hydrogen (secondary N) is 2. The summed E-state index contributed by atoms with van der Waals surface area (Å²) >= 11 is 0. The van der Waals surface area contributed by atoms with Crippen LogP contribution in [0.2, 0.25) is 0 Å². The molecule has 7 nitrogen and oxygen atoms in total. The van der Waals surface area contributed by atoms with Crippen molar-refractivity contribution in [3.8, 4) is 11.5 Å². The monoisotopic (exact) mass is 530 g/mol. The third kappa shape index (κ3) is 5.16. The maximum atomic E-state index is 13.8. The topological polar surface area (TPSA) is 91.5 Å². The summed E-state index contributed by atoms with van der Waals surface area (Å²) in [7, 11) is 0. The highest BCUT2D eigenvalue weighted by Gasteiger charge is 2.36. The number of urea groups is 1. The quantitative estimate of drug-likeness (QED) is 0.189. The van der Waals surface area contributed by atoms with Crippen molar-refractivity contribution in [3.63, 3.8) is 0 Å². The molecule has 0 aliphatic rings. The molecule has 0 saturated heterocycles. The number of rotatable bonds is 5. The standard InChI is InChI=1S/C28H30F3N3O4/c1-13-14(2)23(28(29,30)31)20(8)25(15(13)3)33-27(36)32-24-16(4)18(6)26(19(7)17(24)5)38-22-9-10-34(37)21(11-22)12-35/h9-12H,1-8H3,(H2-,32,33,35,36,37)/p+1. The Labute approximate surface area is 219 Å². The van der Waals surface area contributed by atoms with E-state index in [1.54, 1.807) is 27.7 Å². The number of alkyl halides is 3. The molecule has 1 aromatic heterocycles. The van der Waals surface area contributed by atoms with Crippen LogP contribution in [0.4, 0.5) is 29.3 Å². The summed E-state index contributed by atoms with van der Waals surface area (Å²) in [5.41, 5.74) is 3.85. The van der Waals surface area contributed by atoms with Gasteiger partial charge in [-0.3, -0.25) is 10.0 Å². The number of carbonyl (C=O) groups excluding carboxylic acids is 2. The number of aldehydes is 1.